The van der Waals surface area contributed by atoms with Crippen LogP contribution in [0.4, 0.5) is 0 Å². The minimum absolute atomic E-state index is 0.0302. The number of aromatic hydroxyl groups is 4. The zero-order valence-corrected chi connectivity index (χ0v) is 81.8. The van der Waals surface area contributed by atoms with Crippen LogP contribution in [-0.2, 0) is 70.5 Å². The van der Waals surface area contributed by atoms with Crippen molar-refractivity contribution in [3.63, 3.8) is 0 Å². The van der Waals surface area contributed by atoms with Crippen molar-refractivity contribution in [2.75, 3.05) is 0 Å². The molecule has 120 heavy (non-hydrogen) atoms. The molecule has 0 saturated heterocycles. The maximum absolute atomic E-state index is 11.2. The van der Waals surface area contributed by atoms with Crippen LogP contribution in [0.5, 0.6) is 23.0 Å². The van der Waals surface area contributed by atoms with E-state index in [0.29, 0.717) is 34.5 Å². The number of phenolic OH excluding ortho intramolecular Hbond substituents is 4. The lowest BCUT2D eigenvalue weighted by Crippen LogP contribution is -2.23. The highest BCUT2D eigenvalue weighted by Crippen LogP contribution is 2.36. The summed E-state index contributed by atoms with van der Waals surface area (Å²) in [6.45, 7) is 51.1. The maximum atomic E-state index is 11.2. The molecule has 12 nitrogen and oxygen atoms in total. The van der Waals surface area contributed by atoms with E-state index in [4.69, 9.17) is 0 Å². The van der Waals surface area contributed by atoms with Gasteiger partial charge in [0.05, 0.1) is 21.7 Å². The van der Waals surface area contributed by atoms with Gasteiger partial charge in [-0.15, -0.1) is 0 Å². The summed E-state index contributed by atoms with van der Waals surface area (Å²) in [5, 5.41) is 76.9. The predicted octanol–water partition coefficient (Wildman–Crippen LogP) is 31.4. The van der Waals surface area contributed by atoms with Gasteiger partial charge in [0.25, 0.3) is 0 Å². The number of aliphatic carboxylic acids is 4. The van der Waals surface area contributed by atoms with Crippen molar-refractivity contribution < 1.29 is 60.0 Å². The van der Waals surface area contributed by atoms with E-state index < -0.39 is 45.5 Å². The largest absolute Gasteiger partial charge is 0.508 e. The van der Waals surface area contributed by atoms with E-state index in [1.165, 1.54) is 176 Å². The minimum Gasteiger partial charge on any atom is -0.508 e. The van der Waals surface area contributed by atoms with Crippen LogP contribution in [0, 0.1) is 71.0 Å². The normalized spacial score (nSPS) is 12.3. The lowest BCUT2D eigenvalue weighted by atomic mass is 9.86. The number of hydrogen-bond acceptors (Lipinski definition) is 8. The molecular weight excluding hydrogens is 1490 g/mol. The number of aryl methyl sites for hydroxylation is 9. The van der Waals surface area contributed by atoms with Gasteiger partial charge in [-0.05, 0) is 344 Å². The number of rotatable bonds is 56. The van der Waals surface area contributed by atoms with E-state index in [1.54, 1.807) is 68.1 Å². The SMILES string of the molecule is CC(C)(C)CCCCCCc1c(O)cc(O)cc1CCCCCCC(C)(C)C(=O)O.CC(C)(C)CCCCCCc1cc(O)c(O)cc1CCCCCCC(C)(C)C(=O)O.Cc1cc(CCCCCCC(C)(C)C)c(CCCCCCC(C)(C)C(=O)O)cc1C.Cc1ccc(CCCCCCC(C)(C)C)c(CCCCCCC(C)(C)C(=O)O)c1C. The van der Waals surface area contributed by atoms with Gasteiger partial charge in [0.1, 0.15) is 11.5 Å². The second-order valence-electron chi connectivity index (χ2n) is 43.9. The van der Waals surface area contributed by atoms with Crippen LogP contribution in [0.1, 0.15) is 462 Å². The Hall–Kier alpha value is -6.04. The minimum atomic E-state index is -0.735. The standard InChI is InChI=1S/2C28H48O2.2C26H44O4/c1-22-18-19-24(16-12-8-10-14-20-27(3,4)5)25(23(22)2)17-13-9-11-15-21-28(6,7)26(29)30;1-22-20-24(16-12-8-10-14-18-27(3,4)5)25(21-23(22)2)17-13-9-11-15-19-28(6,7)26(29)30;1-25(2,3)16-12-8-7-11-15-22-20(18-21(27)19-23(22)28)14-10-6-9-13-17-26(4,5)24(29)30;1-25(2,3)16-12-8-6-10-14-20-18-22(27)23(28)19-21(20)15-11-7-9-13-17-26(4,5)24(29)30/h18-19H,8-17,20-21H2,1-7H3,(H,29,30);20-21H,8-19H2,1-7H3,(H,29,30);2*18-19,27-28H,6-17H2,1-5H3,(H,29,30). The van der Waals surface area contributed by atoms with E-state index in [2.05, 4.69) is 135 Å². The highest BCUT2D eigenvalue weighted by molar-refractivity contribution is 5.74. The molecule has 0 bridgehead atoms. The first-order valence-electron chi connectivity index (χ1n) is 47.9. The Morgan fingerprint density at radius 1 is 0.225 bits per heavy atom. The Labute approximate surface area is 735 Å². The molecule has 0 aliphatic rings. The smallest absolute Gasteiger partial charge is 0.309 e. The van der Waals surface area contributed by atoms with E-state index in [1.807, 2.05) is 27.7 Å². The van der Waals surface area contributed by atoms with Crippen molar-refractivity contribution in [2.45, 2.75) is 474 Å². The van der Waals surface area contributed by atoms with Gasteiger partial charge in [-0.1, -0.05) is 261 Å². The number of carboxylic acid groups (broad SMARTS) is 4. The predicted molar refractivity (Wildman–Crippen MR) is 509 cm³/mol. The second kappa shape index (κ2) is 56.7. The van der Waals surface area contributed by atoms with Crippen LogP contribution in [0.25, 0.3) is 0 Å². The van der Waals surface area contributed by atoms with Crippen LogP contribution in [-0.4, -0.2) is 64.7 Å². The number of carboxylic acids is 4. The third-order valence-electron chi connectivity index (χ3n) is 25.1. The molecular formula is C108H184O12. The lowest BCUT2D eigenvalue weighted by Gasteiger charge is -2.19. The van der Waals surface area contributed by atoms with Gasteiger partial charge < -0.3 is 40.9 Å². The molecule has 0 heterocycles. The van der Waals surface area contributed by atoms with E-state index in [9.17, 15) is 60.0 Å². The summed E-state index contributed by atoms with van der Waals surface area (Å²) >= 11 is 0. The second-order valence-corrected chi connectivity index (χ2v) is 43.9. The van der Waals surface area contributed by atoms with Crippen LogP contribution in [0.3, 0.4) is 0 Å². The Balaban J connectivity index is 0.000000800. The van der Waals surface area contributed by atoms with Crippen LogP contribution in [0.15, 0.2) is 48.5 Å². The highest BCUT2D eigenvalue weighted by atomic mass is 16.4. The van der Waals surface area contributed by atoms with Crippen LogP contribution in [0.2, 0.25) is 0 Å². The topological polar surface area (TPSA) is 230 Å². The average molecular weight is 1670 g/mol. The Bertz CT molecular complexity index is 3390. The molecule has 0 spiro atoms. The summed E-state index contributed by atoms with van der Waals surface area (Å²) in [4.78, 5) is 44.8. The Morgan fingerprint density at radius 3 is 0.717 bits per heavy atom. The number of phenols is 4. The van der Waals surface area contributed by atoms with Crippen molar-refractivity contribution in [2.24, 2.45) is 43.3 Å². The van der Waals surface area contributed by atoms with Gasteiger partial charge in [-0.2, -0.15) is 0 Å². The van der Waals surface area contributed by atoms with Crippen molar-refractivity contribution >= 4 is 23.9 Å². The molecule has 8 N–H and O–H groups in total. The number of carbonyl (C=O) groups is 4. The Kier molecular flexibility index (Phi) is 53.0. The zero-order chi connectivity index (χ0) is 91.1. The quantitative estimate of drug-likeness (QED) is 0.0152. The molecule has 0 radical (unpaired) electrons. The molecule has 4 rings (SSSR count). The van der Waals surface area contributed by atoms with Gasteiger partial charge in [0.15, 0.2) is 11.5 Å². The maximum Gasteiger partial charge on any atom is 0.309 e. The molecule has 688 valence electrons. The van der Waals surface area contributed by atoms with Gasteiger partial charge in [-0.25, -0.2) is 0 Å². The van der Waals surface area contributed by atoms with Crippen molar-refractivity contribution in [3.05, 3.63) is 115 Å². The van der Waals surface area contributed by atoms with Gasteiger partial charge in [-0.3, -0.25) is 19.2 Å². The first kappa shape index (κ1) is 112. The molecule has 12 heteroatoms. The zero-order valence-electron chi connectivity index (χ0n) is 81.8. The van der Waals surface area contributed by atoms with Crippen LogP contribution >= 0.6 is 0 Å². The molecule has 4 aromatic carbocycles. The summed E-state index contributed by atoms with van der Waals surface area (Å²) in [5.74, 6) is -2.56. The van der Waals surface area contributed by atoms with E-state index in [-0.39, 0.29) is 23.0 Å². The molecule has 0 saturated carbocycles. The number of unbranched alkanes of at least 4 members (excludes halogenated alkanes) is 24. The molecule has 0 aliphatic carbocycles. The number of hydrogen-bond donors (Lipinski definition) is 8. The van der Waals surface area contributed by atoms with Crippen molar-refractivity contribution in [1.82, 2.24) is 0 Å². The third-order valence-corrected chi connectivity index (χ3v) is 25.1. The summed E-state index contributed by atoms with van der Waals surface area (Å²) in [6, 6.07) is 16.2. The summed E-state index contributed by atoms with van der Waals surface area (Å²) in [5.41, 5.74) is 15.5. The molecule has 0 aromatic heterocycles. The molecule has 0 aliphatic heterocycles. The highest BCUT2D eigenvalue weighted by Gasteiger charge is 2.30. The third kappa shape index (κ3) is 51.9. The first-order valence-corrected chi connectivity index (χ1v) is 47.9. The molecule has 0 fully saturated rings. The molecule has 0 amide bonds. The summed E-state index contributed by atoms with van der Waals surface area (Å²) in [7, 11) is 0. The van der Waals surface area contributed by atoms with Crippen LogP contribution < -0.4 is 0 Å². The fourth-order valence-electron chi connectivity index (χ4n) is 15.9. The van der Waals surface area contributed by atoms with Crippen molar-refractivity contribution in [3.8, 4) is 23.0 Å². The molecule has 0 atom stereocenters. The monoisotopic (exact) mass is 1670 g/mol. The Morgan fingerprint density at radius 2 is 0.450 bits per heavy atom. The van der Waals surface area contributed by atoms with Gasteiger partial charge >= 0.3 is 23.9 Å². The molecule has 0 unspecified atom stereocenters. The van der Waals surface area contributed by atoms with Gasteiger partial charge in [0.2, 0.25) is 0 Å². The fraction of sp³-hybridized carbons (Fsp3) is 0.741. The average Bonchev–Trinajstić information content (AvgIpc) is 0.840. The fourth-order valence-corrected chi connectivity index (χ4v) is 15.9. The summed E-state index contributed by atoms with van der Waals surface area (Å²) in [6.07, 6.45) is 53.4. The lowest BCUT2D eigenvalue weighted by molar-refractivity contribution is -0.148. The summed E-state index contributed by atoms with van der Waals surface area (Å²) < 4.78 is 0. The molecule has 4 aromatic rings. The van der Waals surface area contributed by atoms with Crippen molar-refractivity contribution in [1.29, 1.82) is 0 Å². The van der Waals surface area contributed by atoms with E-state index in [0.717, 1.165) is 170 Å². The number of benzene rings is 4. The first-order chi connectivity index (χ1) is 55.7. The van der Waals surface area contributed by atoms with Gasteiger partial charge in [0, 0.05) is 6.07 Å². The van der Waals surface area contributed by atoms with E-state index >= 15 is 0 Å².